The Morgan fingerprint density at radius 3 is 1.50 bits per heavy atom. The predicted octanol–water partition coefficient (Wildman–Crippen LogP) is 6.17. The van der Waals surface area contributed by atoms with Gasteiger partial charge in [0, 0.05) is 17.1 Å². The number of hydrogen-bond acceptors (Lipinski definition) is 3. The fourth-order valence-electron chi connectivity index (χ4n) is 4.23. The zero-order valence-electron chi connectivity index (χ0n) is 18.6. The van der Waals surface area contributed by atoms with Crippen LogP contribution in [0, 0.1) is 0 Å². The van der Waals surface area contributed by atoms with Crippen LogP contribution in [-0.4, -0.2) is 17.2 Å². The second-order valence-corrected chi connectivity index (χ2v) is 8.10. The third-order valence-corrected chi connectivity index (χ3v) is 5.91. The van der Waals surface area contributed by atoms with E-state index in [-0.39, 0.29) is 0 Å². The van der Waals surface area contributed by atoms with Gasteiger partial charge in [-0.25, -0.2) is 0 Å². The molecule has 2 N–H and O–H groups in total. The third kappa shape index (κ3) is 4.51. The first kappa shape index (κ1) is 21.7. The number of anilines is 3. The lowest BCUT2D eigenvalue weighted by atomic mass is 9.75. The van der Waals surface area contributed by atoms with Crippen LogP contribution in [0.3, 0.4) is 0 Å². The van der Waals surface area contributed by atoms with Gasteiger partial charge in [-0.2, -0.15) is 0 Å². The molecular formula is C30H24BNO2. The molecule has 0 aliphatic carbocycles. The fourth-order valence-corrected chi connectivity index (χ4v) is 4.23. The molecule has 0 atom stereocenters. The highest BCUT2D eigenvalue weighted by Gasteiger charge is 2.20. The second-order valence-electron chi connectivity index (χ2n) is 8.10. The number of rotatable bonds is 6. The molecule has 0 amide bonds. The average Bonchev–Trinajstić information content (AvgIpc) is 2.91. The molecule has 0 saturated carbocycles. The summed E-state index contributed by atoms with van der Waals surface area (Å²) >= 11 is 0. The molecular weight excluding hydrogens is 417 g/mol. The maximum Gasteiger partial charge on any atom is 0.489 e. The van der Waals surface area contributed by atoms with Crippen LogP contribution in [0.15, 0.2) is 133 Å². The van der Waals surface area contributed by atoms with Crippen LogP contribution in [0.4, 0.5) is 17.1 Å². The van der Waals surface area contributed by atoms with Crippen LogP contribution in [0.2, 0.25) is 0 Å². The Labute approximate surface area is 200 Å². The standard InChI is InChI=1S/C30H24BNO2/c33-31(34)30-21-20-28(22-29(30)25-12-6-2-7-13-25)32(26-14-8-3-9-15-26)27-18-16-24(17-19-27)23-10-4-1-5-11-23/h1-22,33-34H. The Bertz CT molecular complexity index is 1360. The van der Waals surface area contributed by atoms with Crippen molar-refractivity contribution in [2.45, 2.75) is 0 Å². The van der Waals surface area contributed by atoms with Gasteiger partial charge in [0.25, 0.3) is 0 Å². The summed E-state index contributed by atoms with van der Waals surface area (Å²) in [6.07, 6.45) is 0. The van der Waals surface area contributed by atoms with Crippen LogP contribution < -0.4 is 10.4 Å². The van der Waals surface area contributed by atoms with Gasteiger partial charge in [-0.05, 0) is 64.1 Å². The summed E-state index contributed by atoms with van der Waals surface area (Å²) in [5, 5.41) is 20.0. The summed E-state index contributed by atoms with van der Waals surface area (Å²) in [6.45, 7) is 0. The van der Waals surface area contributed by atoms with Gasteiger partial charge in [-0.15, -0.1) is 0 Å². The highest BCUT2D eigenvalue weighted by molar-refractivity contribution is 6.60. The Morgan fingerprint density at radius 2 is 0.912 bits per heavy atom. The SMILES string of the molecule is OB(O)c1ccc(N(c2ccccc2)c2ccc(-c3ccccc3)cc2)cc1-c1ccccc1. The third-order valence-electron chi connectivity index (χ3n) is 5.91. The molecule has 5 aromatic rings. The minimum Gasteiger partial charge on any atom is -0.423 e. The van der Waals surface area contributed by atoms with Crippen molar-refractivity contribution >= 4 is 29.6 Å². The summed E-state index contributed by atoms with van der Waals surface area (Å²) in [4.78, 5) is 2.18. The molecule has 5 rings (SSSR count). The highest BCUT2D eigenvalue weighted by Crippen LogP contribution is 2.36. The molecule has 0 aromatic heterocycles. The normalized spacial score (nSPS) is 10.6. The maximum absolute atomic E-state index is 10.0. The van der Waals surface area contributed by atoms with Gasteiger partial charge in [0.05, 0.1) is 0 Å². The Kier molecular flexibility index (Phi) is 6.26. The van der Waals surface area contributed by atoms with E-state index in [2.05, 4.69) is 53.4 Å². The Balaban J connectivity index is 1.63. The van der Waals surface area contributed by atoms with E-state index >= 15 is 0 Å². The molecule has 164 valence electrons. The van der Waals surface area contributed by atoms with E-state index in [1.807, 2.05) is 78.9 Å². The lowest BCUT2D eigenvalue weighted by Crippen LogP contribution is -2.31. The molecule has 0 bridgehead atoms. The van der Waals surface area contributed by atoms with Gasteiger partial charge in [-0.1, -0.05) is 97.1 Å². The van der Waals surface area contributed by atoms with Crippen LogP contribution in [0.5, 0.6) is 0 Å². The molecule has 0 radical (unpaired) electrons. The van der Waals surface area contributed by atoms with Gasteiger partial charge < -0.3 is 14.9 Å². The molecule has 0 aliphatic heterocycles. The van der Waals surface area contributed by atoms with Crippen molar-refractivity contribution in [2.75, 3.05) is 4.90 Å². The van der Waals surface area contributed by atoms with Crippen molar-refractivity contribution in [3.05, 3.63) is 133 Å². The molecule has 0 saturated heterocycles. The fraction of sp³-hybridized carbons (Fsp3) is 0. The van der Waals surface area contributed by atoms with Crippen LogP contribution >= 0.6 is 0 Å². The zero-order valence-corrected chi connectivity index (χ0v) is 18.6. The number of hydrogen-bond donors (Lipinski definition) is 2. The van der Waals surface area contributed by atoms with E-state index < -0.39 is 7.12 Å². The second kappa shape index (κ2) is 9.80. The summed E-state index contributed by atoms with van der Waals surface area (Å²) in [5.41, 5.74) is 7.49. The lowest BCUT2D eigenvalue weighted by molar-refractivity contribution is 0.426. The van der Waals surface area contributed by atoms with Gasteiger partial charge in [-0.3, -0.25) is 0 Å². The van der Waals surface area contributed by atoms with Gasteiger partial charge in [0.2, 0.25) is 0 Å². The quantitative estimate of drug-likeness (QED) is 0.310. The Morgan fingerprint density at radius 1 is 0.441 bits per heavy atom. The Hall–Kier alpha value is -4.12. The van der Waals surface area contributed by atoms with Crippen LogP contribution in [-0.2, 0) is 0 Å². The summed E-state index contributed by atoms with van der Waals surface area (Å²) < 4.78 is 0. The first-order valence-corrected chi connectivity index (χ1v) is 11.3. The van der Waals surface area contributed by atoms with E-state index in [9.17, 15) is 10.0 Å². The molecule has 0 aliphatic rings. The van der Waals surface area contributed by atoms with Gasteiger partial charge in [0.15, 0.2) is 0 Å². The van der Waals surface area contributed by atoms with E-state index in [0.29, 0.717) is 5.46 Å². The molecule has 3 nitrogen and oxygen atoms in total. The number of nitrogens with zero attached hydrogens (tertiary/aromatic N) is 1. The predicted molar refractivity (Wildman–Crippen MR) is 142 cm³/mol. The van der Waals surface area contributed by atoms with Crippen LogP contribution in [0.25, 0.3) is 22.3 Å². The molecule has 4 heteroatoms. The zero-order chi connectivity index (χ0) is 23.3. The van der Waals surface area contributed by atoms with Crippen LogP contribution in [0.1, 0.15) is 0 Å². The van der Waals surface area contributed by atoms with E-state index in [4.69, 9.17) is 0 Å². The highest BCUT2D eigenvalue weighted by atomic mass is 16.4. The minimum absolute atomic E-state index is 0.474. The van der Waals surface area contributed by atoms with Crippen molar-refractivity contribution < 1.29 is 10.0 Å². The van der Waals surface area contributed by atoms with Crippen molar-refractivity contribution in [2.24, 2.45) is 0 Å². The largest absolute Gasteiger partial charge is 0.489 e. The van der Waals surface area contributed by atoms with Crippen molar-refractivity contribution in [1.29, 1.82) is 0 Å². The van der Waals surface area contributed by atoms with Crippen molar-refractivity contribution in [1.82, 2.24) is 0 Å². The summed E-state index contributed by atoms with van der Waals surface area (Å²) in [6, 6.07) is 44.5. The van der Waals surface area contributed by atoms with Crippen molar-refractivity contribution in [3.8, 4) is 22.3 Å². The van der Waals surface area contributed by atoms with Gasteiger partial charge in [0.1, 0.15) is 0 Å². The first-order chi connectivity index (χ1) is 16.7. The molecule has 5 aromatic carbocycles. The van der Waals surface area contributed by atoms with E-state index in [1.165, 1.54) is 5.56 Å². The molecule has 0 fully saturated rings. The summed E-state index contributed by atoms with van der Waals surface area (Å²) in [7, 11) is -1.56. The monoisotopic (exact) mass is 441 g/mol. The molecule has 34 heavy (non-hydrogen) atoms. The maximum atomic E-state index is 10.0. The average molecular weight is 441 g/mol. The lowest BCUT2D eigenvalue weighted by Gasteiger charge is -2.27. The first-order valence-electron chi connectivity index (χ1n) is 11.3. The molecule has 0 heterocycles. The summed E-state index contributed by atoms with van der Waals surface area (Å²) in [5.74, 6) is 0. The van der Waals surface area contributed by atoms with E-state index in [0.717, 1.165) is 33.8 Å². The number of benzene rings is 5. The van der Waals surface area contributed by atoms with E-state index in [1.54, 1.807) is 6.07 Å². The number of para-hydroxylation sites is 1. The van der Waals surface area contributed by atoms with Crippen molar-refractivity contribution in [3.63, 3.8) is 0 Å². The molecule has 0 spiro atoms. The van der Waals surface area contributed by atoms with Gasteiger partial charge >= 0.3 is 7.12 Å². The minimum atomic E-state index is -1.56. The topological polar surface area (TPSA) is 43.7 Å². The smallest absolute Gasteiger partial charge is 0.423 e. The molecule has 0 unspecified atom stereocenters.